The summed E-state index contributed by atoms with van der Waals surface area (Å²) in [5.74, 6) is 0.519. The fraction of sp³-hybridized carbons (Fsp3) is 0.615. The maximum absolute atomic E-state index is 12.4. The molecule has 1 aliphatic heterocycles. The quantitative estimate of drug-likeness (QED) is 0.870. The molecule has 1 fully saturated rings. The SMILES string of the molecule is CN(C)CC1CCN(S(=O)(=O)c2c[nH]ccc2=O)CC1. The zero-order valence-electron chi connectivity index (χ0n) is 11.9. The number of rotatable bonds is 4. The molecule has 0 aliphatic carbocycles. The molecule has 7 heteroatoms. The summed E-state index contributed by atoms with van der Waals surface area (Å²) >= 11 is 0. The smallest absolute Gasteiger partial charge is 0.248 e. The van der Waals surface area contributed by atoms with Gasteiger partial charge in [-0.15, -0.1) is 0 Å². The van der Waals surface area contributed by atoms with Gasteiger partial charge in [-0.2, -0.15) is 4.31 Å². The Morgan fingerprint density at radius 2 is 2.00 bits per heavy atom. The van der Waals surface area contributed by atoms with Crippen molar-refractivity contribution in [3.63, 3.8) is 0 Å². The van der Waals surface area contributed by atoms with E-state index in [-0.39, 0.29) is 4.90 Å². The predicted molar refractivity (Wildman–Crippen MR) is 77.1 cm³/mol. The van der Waals surface area contributed by atoms with Gasteiger partial charge in [0.2, 0.25) is 15.5 Å². The Kier molecular flexibility index (Phi) is 4.62. The summed E-state index contributed by atoms with van der Waals surface area (Å²) in [6.45, 7) is 1.93. The number of aromatic nitrogens is 1. The van der Waals surface area contributed by atoms with Crippen LogP contribution in [0.1, 0.15) is 12.8 Å². The van der Waals surface area contributed by atoms with Gasteiger partial charge in [0.25, 0.3) is 0 Å². The fourth-order valence-corrected chi connectivity index (χ4v) is 4.10. The van der Waals surface area contributed by atoms with Gasteiger partial charge in [0, 0.05) is 38.1 Å². The summed E-state index contributed by atoms with van der Waals surface area (Å²) in [5.41, 5.74) is -0.459. The Morgan fingerprint density at radius 1 is 1.35 bits per heavy atom. The summed E-state index contributed by atoms with van der Waals surface area (Å²) in [6.07, 6.45) is 4.37. The van der Waals surface area contributed by atoms with Crippen LogP contribution >= 0.6 is 0 Å². The third-order valence-electron chi connectivity index (χ3n) is 3.60. The van der Waals surface area contributed by atoms with Crippen molar-refractivity contribution < 1.29 is 8.42 Å². The van der Waals surface area contributed by atoms with E-state index in [1.165, 1.54) is 22.8 Å². The number of aromatic amines is 1. The summed E-state index contributed by atoms with van der Waals surface area (Å²) in [5, 5.41) is 0. The van der Waals surface area contributed by atoms with Crippen molar-refractivity contribution >= 4 is 10.0 Å². The highest BCUT2D eigenvalue weighted by atomic mass is 32.2. The molecular weight excluding hydrogens is 278 g/mol. The molecule has 1 aliphatic rings. The Bertz CT molecular complexity index is 601. The van der Waals surface area contributed by atoms with Gasteiger partial charge in [-0.1, -0.05) is 0 Å². The number of nitrogens with zero attached hydrogens (tertiary/aromatic N) is 2. The largest absolute Gasteiger partial charge is 0.366 e. The number of pyridine rings is 1. The lowest BCUT2D eigenvalue weighted by molar-refractivity contribution is 0.225. The lowest BCUT2D eigenvalue weighted by Gasteiger charge is -2.32. The standard InChI is InChI=1S/C13H21N3O3S/c1-15(2)10-11-4-7-16(8-5-11)20(18,19)13-9-14-6-3-12(13)17/h3,6,9,11H,4-5,7-8,10H2,1-2H3,(H,14,17). The van der Waals surface area contributed by atoms with Crippen LogP contribution < -0.4 is 5.43 Å². The highest BCUT2D eigenvalue weighted by molar-refractivity contribution is 7.89. The van der Waals surface area contributed by atoms with Crippen LogP contribution in [0.4, 0.5) is 0 Å². The molecule has 0 saturated carbocycles. The molecule has 0 bridgehead atoms. The van der Waals surface area contributed by atoms with Crippen molar-refractivity contribution in [2.24, 2.45) is 5.92 Å². The van der Waals surface area contributed by atoms with Crippen molar-refractivity contribution in [1.29, 1.82) is 0 Å². The van der Waals surface area contributed by atoms with E-state index in [1.54, 1.807) is 0 Å². The van der Waals surface area contributed by atoms with Crippen LogP contribution in [0.25, 0.3) is 0 Å². The summed E-state index contributed by atoms with van der Waals surface area (Å²) in [7, 11) is 0.372. The van der Waals surface area contributed by atoms with Gasteiger partial charge in [0.1, 0.15) is 4.90 Å². The van der Waals surface area contributed by atoms with Gasteiger partial charge in [0.15, 0.2) is 0 Å². The molecule has 1 aromatic rings. The van der Waals surface area contributed by atoms with Crippen LogP contribution in [0.5, 0.6) is 0 Å². The van der Waals surface area contributed by atoms with Crippen molar-refractivity contribution in [2.75, 3.05) is 33.7 Å². The molecule has 1 N–H and O–H groups in total. The average molecular weight is 299 g/mol. The molecule has 0 atom stereocenters. The minimum Gasteiger partial charge on any atom is -0.366 e. The lowest BCUT2D eigenvalue weighted by atomic mass is 9.98. The van der Waals surface area contributed by atoms with Gasteiger partial charge in [-0.3, -0.25) is 4.79 Å². The van der Waals surface area contributed by atoms with Crippen LogP contribution in [-0.2, 0) is 10.0 Å². The van der Waals surface area contributed by atoms with E-state index in [0.717, 1.165) is 19.4 Å². The molecule has 2 rings (SSSR count). The number of nitrogens with one attached hydrogen (secondary N) is 1. The number of hydrogen-bond donors (Lipinski definition) is 1. The third kappa shape index (κ3) is 3.28. The van der Waals surface area contributed by atoms with E-state index in [4.69, 9.17) is 0 Å². The van der Waals surface area contributed by atoms with E-state index in [0.29, 0.717) is 19.0 Å². The first kappa shape index (κ1) is 15.2. The monoisotopic (exact) mass is 299 g/mol. The molecular formula is C13H21N3O3S. The second kappa shape index (κ2) is 6.07. The number of sulfonamides is 1. The zero-order chi connectivity index (χ0) is 14.8. The van der Waals surface area contributed by atoms with Gasteiger partial charge >= 0.3 is 0 Å². The minimum absolute atomic E-state index is 0.161. The molecule has 0 radical (unpaired) electrons. The van der Waals surface area contributed by atoms with Crippen LogP contribution in [0.15, 0.2) is 28.2 Å². The van der Waals surface area contributed by atoms with Crippen LogP contribution in [0, 0.1) is 5.92 Å². The zero-order valence-corrected chi connectivity index (χ0v) is 12.7. The molecule has 2 heterocycles. The summed E-state index contributed by atoms with van der Waals surface area (Å²) in [6, 6.07) is 1.24. The summed E-state index contributed by atoms with van der Waals surface area (Å²) < 4.78 is 26.3. The molecule has 0 unspecified atom stereocenters. The third-order valence-corrected chi connectivity index (χ3v) is 5.52. The molecule has 1 saturated heterocycles. The van der Waals surface area contributed by atoms with Crippen molar-refractivity contribution in [1.82, 2.24) is 14.2 Å². The number of H-pyrrole nitrogens is 1. The number of piperidine rings is 1. The van der Waals surface area contributed by atoms with E-state index < -0.39 is 15.5 Å². The van der Waals surface area contributed by atoms with Gasteiger partial charge in [-0.25, -0.2) is 8.42 Å². The lowest BCUT2D eigenvalue weighted by Crippen LogP contribution is -2.41. The van der Waals surface area contributed by atoms with E-state index in [1.807, 2.05) is 14.1 Å². The first-order valence-corrected chi connectivity index (χ1v) is 8.17. The molecule has 112 valence electrons. The highest BCUT2D eigenvalue weighted by Crippen LogP contribution is 2.22. The first-order valence-electron chi connectivity index (χ1n) is 6.73. The normalized spacial score (nSPS) is 18.6. The maximum Gasteiger partial charge on any atom is 0.248 e. The Hall–Kier alpha value is -1.18. The average Bonchev–Trinajstić information content (AvgIpc) is 2.39. The van der Waals surface area contributed by atoms with Gasteiger partial charge < -0.3 is 9.88 Å². The van der Waals surface area contributed by atoms with Crippen LogP contribution in [-0.4, -0.2) is 56.3 Å². The van der Waals surface area contributed by atoms with Crippen molar-refractivity contribution in [3.8, 4) is 0 Å². The summed E-state index contributed by atoms with van der Waals surface area (Å²) in [4.78, 5) is 16.3. The molecule has 0 aromatic carbocycles. The second-order valence-electron chi connectivity index (χ2n) is 5.48. The van der Waals surface area contributed by atoms with E-state index in [9.17, 15) is 13.2 Å². The van der Waals surface area contributed by atoms with E-state index in [2.05, 4.69) is 9.88 Å². The highest BCUT2D eigenvalue weighted by Gasteiger charge is 2.30. The van der Waals surface area contributed by atoms with Crippen LogP contribution in [0.2, 0.25) is 0 Å². The van der Waals surface area contributed by atoms with Gasteiger partial charge in [0.05, 0.1) is 0 Å². The molecule has 6 nitrogen and oxygen atoms in total. The first-order chi connectivity index (χ1) is 9.41. The van der Waals surface area contributed by atoms with Crippen molar-refractivity contribution in [3.05, 3.63) is 28.7 Å². The Morgan fingerprint density at radius 3 is 2.55 bits per heavy atom. The molecule has 0 spiro atoms. The molecule has 20 heavy (non-hydrogen) atoms. The van der Waals surface area contributed by atoms with E-state index >= 15 is 0 Å². The second-order valence-corrected chi connectivity index (χ2v) is 7.39. The molecule has 0 amide bonds. The molecule has 1 aromatic heterocycles. The van der Waals surface area contributed by atoms with Crippen molar-refractivity contribution in [2.45, 2.75) is 17.7 Å². The predicted octanol–water partition coefficient (Wildman–Crippen LogP) is 0.337. The topological polar surface area (TPSA) is 73.5 Å². The Balaban J connectivity index is 2.10. The number of hydrogen-bond acceptors (Lipinski definition) is 4. The Labute approximate surface area is 119 Å². The van der Waals surface area contributed by atoms with Crippen LogP contribution in [0.3, 0.4) is 0 Å². The fourth-order valence-electron chi connectivity index (χ4n) is 2.59. The van der Waals surface area contributed by atoms with Gasteiger partial charge in [-0.05, 0) is 32.9 Å². The maximum atomic E-state index is 12.4. The minimum atomic E-state index is -3.67.